The van der Waals surface area contributed by atoms with E-state index in [4.69, 9.17) is 0 Å². The number of anilines is 1. The fourth-order valence-corrected chi connectivity index (χ4v) is 5.08. The van der Waals surface area contributed by atoms with Crippen LogP contribution in [-0.4, -0.2) is 30.9 Å². The van der Waals surface area contributed by atoms with Crippen LogP contribution in [0.5, 0.6) is 0 Å². The monoisotopic (exact) mass is 408 g/mol. The second-order valence-corrected chi connectivity index (χ2v) is 9.42. The number of hydrogen-bond donors (Lipinski definition) is 2. The van der Waals surface area contributed by atoms with Gasteiger partial charge in [0.15, 0.2) is 0 Å². The predicted octanol–water partition coefficient (Wildman–Crippen LogP) is 3.28. The van der Waals surface area contributed by atoms with Crippen LogP contribution in [0.3, 0.4) is 0 Å². The van der Waals surface area contributed by atoms with Gasteiger partial charge in [-0.1, -0.05) is 30.3 Å². The predicted molar refractivity (Wildman–Crippen MR) is 107 cm³/mol. The molecule has 0 bridgehead atoms. The summed E-state index contributed by atoms with van der Waals surface area (Å²) < 4.78 is 31.3. The van der Waals surface area contributed by atoms with Gasteiger partial charge >= 0.3 is 0 Å². The van der Waals surface area contributed by atoms with Gasteiger partial charge in [-0.05, 0) is 35.9 Å². The van der Waals surface area contributed by atoms with Crippen LogP contribution >= 0.6 is 22.9 Å². The molecule has 3 aromatic rings. The summed E-state index contributed by atoms with van der Waals surface area (Å²) >= 11 is 2.54. The largest absolute Gasteiger partial charge is 0.360 e. The van der Waals surface area contributed by atoms with Crippen molar-refractivity contribution >= 4 is 38.0 Å². The lowest BCUT2D eigenvalue weighted by atomic mass is 10.1. The number of nitrogens with one attached hydrogen (secondary N) is 2. The molecule has 0 radical (unpaired) electrons. The summed E-state index contributed by atoms with van der Waals surface area (Å²) in [6.07, 6.45) is 1.38. The minimum Gasteiger partial charge on any atom is -0.360 e. The summed E-state index contributed by atoms with van der Waals surface area (Å²) in [7, 11) is -3.38. The molecule has 0 atom stereocenters. The summed E-state index contributed by atoms with van der Waals surface area (Å²) in [5.74, 6) is 0.796. The Balaban J connectivity index is 1.42. The molecule has 138 valence electrons. The number of sulfonamides is 1. The average Bonchev–Trinajstić information content (AvgIpc) is 3.29. The molecule has 26 heavy (non-hydrogen) atoms. The summed E-state index contributed by atoms with van der Waals surface area (Å²) in [6.45, 7) is 3.09. The molecule has 1 aromatic carbocycles. The third-order valence-electron chi connectivity index (χ3n) is 3.76. The molecule has 0 aliphatic carbocycles. The van der Waals surface area contributed by atoms with E-state index in [-0.39, 0.29) is 0 Å². The Morgan fingerprint density at radius 1 is 1.12 bits per heavy atom. The van der Waals surface area contributed by atoms with E-state index in [9.17, 15) is 8.42 Å². The summed E-state index contributed by atoms with van der Waals surface area (Å²) in [6, 6.07) is 11.5. The Kier molecular flexibility index (Phi) is 6.36. The molecule has 0 aliphatic rings. The molecule has 0 amide bonds. The van der Waals surface area contributed by atoms with E-state index >= 15 is 0 Å². The Morgan fingerprint density at radius 3 is 2.73 bits per heavy atom. The molecule has 3 rings (SSSR count). The first kappa shape index (κ1) is 19.0. The molecule has 0 spiro atoms. The van der Waals surface area contributed by atoms with E-state index in [2.05, 4.69) is 38.5 Å². The maximum absolute atomic E-state index is 12.0. The number of aryl methyl sites for hydroxylation is 1. The van der Waals surface area contributed by atoms with Crippen molar-refractivity contribution in [2.24, 2.45) is 0 Å². The Hall–Kier alpha value is -1.81. The highest BCUT2D eigenvalue weighted by molar-refractivity contribution is 7.91. The SMILES string of the molecule is Cc1ccccc1Cc1nsc(NCCCNS(=O)(=O)c2cccs2)n1. The molecule has 0 saturated heterocycles. The van der Waals surface area contributed by atoms with Crippen LogP contribution in [0.15, 0.2) is 46.0 Å². The van der Waals surface area contributed by atoms with Gasteiger partial charge in [0.25, 0.3) is 0 Å². The summed E-state index contributed by atoms with van der Waals surface area (Å²) in [5, 5.41) is 5.71. The van der Waals surface area contributed by atoms with Crippen molar-refractivity contribution in [2.45, 2.75) is 24.0 Å². The zero-order valence-electron chi connectivity index (χ0n) is 14.3. The Bertz CT molecular complexity index is 937. The van der Waals surface area contributed by atoms with Gasteiger partial charge in [0.05, 0.1) is 0 Å². The molecule has 0 unspecified atom stereocenters. The fourth-order valence-electron chi connectivity index (χ4n) is 2.35. The topological polar surface area (TPSA) is 84.0 Å². The molecule has 2 N–H and O–H groups in total. The van der Waals surface area contributed by atoms with Gasteiger partial charge in [-0.3, -0.25) is 0 Å². The number of aromatic nitrogens is 2. The van der Waals surface area contributed by atoms with Gasteiger partial charge in [-0.15, -0.1) is 11.3 Å². The van der Waals surface area contributed by atoms with Crippen LogP contribution in [0.4, 0.5) is 5.13 Å². The molecular formula is C17H20N4O2S3. The van der Waals surface area contributed by atoms with E-state index in [0.717, 1.165) is 11.0 Å². The third kappa shape index (κ3) is 5.10. The lowest BCUT2D eigenvalue weighted by molar-refractivity contribution is 0.582. The van der Waals surface area contributed by atoms with Crippen LogP contribution in [0, 0.1) is 6.92 Å². The van der Waals surface area contributed by atoms with Gasteiger partial charge < -0.3 is 5.32 Å². The van der Waals surface area contributed by atoms with Gasteiger partial charge in [0, 0.05) is 31.0 Å². The number of nitrogens with zero attached hydrogens (tertiary/aromatic N) is 2. The van der Waals surface area contributed by atoms with Gasteiger partial charge in [-0.25, -0.2) is 18.1 Å². The molecule has 0 fully saturated rings. The molecule has 0 aliphatic heterocycles. The standard InChI is InChI=1S/C17H20N4O2S3/c1-13-6-2-3-7-14(13)12-15-20-17(25-21-15)18-9-5-10-19-26(22,23)16-8-4-11-24-16/h2-4,6-8,11,19H,5,9-10,12H2,1H3,(H,18,20,21). The van der Waals surface area contributed by atoms with Crippen LogP contribution in [-0.2, 0) is 16.4 Å². The summed E-state index contributed by atoms with van der Waals surface area (Å²) in [4.78, 5) is 4.49. The van der Waals surface area contributed by atoms with Crippen LogP contribution in [0.25, 0.3) is 0 Å². The molecule has 2 heterocycles. The van der Waals surface area contributed by atoms with Crippen LogP contribution in [0.2, 0.25) is 0 Å². The molecule has 0 saturated carbocycles. The van der Waals surface area contributed by atoms with Gasteiger partial charge in [-0.2, -0.15) is 4.37 Å². The maximum atomic E-state index is 12.0. The van der Waals surface area contributed by atoms with Crippen molar-refractivity contribution in [3.8, 4) is 0 Å². The first-order valence-electron chi connectivity index (χ1n) is 8.19. The number of benzene rings is 1. The molecule has 2 aromatic heterocycles. The van der Waals surface area contributed by atoms with Crippen molar-refractivity contribution < 1.29 is 8.42 Å². The van der Waals surface area contributed by atoms with Gasteiger partial charge in [0.1, 0.15) is 10.0 Å². The highest BCUT2D eigenvalue weighted by Gasteiger charge is 2.13. The molecular weight excluding hydrogens is 388 g/mol. The number of hydrogen-bond acceptors (Lipinski definition) is 7. The van der Waals surface area contributed by atoms with Crippen molar-refractivity contribution in [1.82, 2.24) is 14.1 Å². The quantitative estimate of drug-likeness (QED) is 0.531. The average molecular weight is 409 g/mol. The molecule has 6 nitrogen and oxygen atoms in total. The Labute approximate surface area is 161 Å². The second-order valence-electron chi connectivity index (χ2n) is 5.73. The lowest BCUT2D eigenvalue weighted by Gasteiger charge is -2.05. The first-order valence-corrected chi connectivity index (χ1v) is 11.3. The van der Waals surface area contributed by atoms with Crippen molar-refractivity contribution in [2.75, 3.05) is 18.4 Å². The van der Waals surface area contributed by atoms with Crippen LogP contribution in [0.1, 0.15) is 23.4 Å². The Morgan fingerprint density at radius 2 is 1.96 bits per heavy atom. The smallest absolute Gasteiger partial charge is 0.250 e. The summed E-state index contributed by atoms with van der Waals surface area (Å²) in [5.41, 5.74) is 2.45. The first-order chi connectivity index (χ1) is 12.5. The van der Waals surface area contributed by atoms with Crippen LogP contribution < -0.4 is 10.0 Å². The number of rotatable bonds is 9. The van der Waals surface area contributed by atoms with Crippen molar-refractivity contribution in [3.05, 3.63) is 58.7 Å². The molecule has 9 heteroatoms. The fraction of sp³-hybridized carbons (Fsp3) is 0.294. The second kappa shape index (κ2) is 8.72. The third-order valence-corrected chi connectivity index (χ3v) is 7.33. The zero-order valence-corrected chi connectivity index (χ0v) is 16.8. The maximum Gasteiger partial charge on any atom is 0.250 e. The minimum atomic E-state index is -3.38. The lowest BCUT2D eigenvalue weighted by Crippen LogP contribution is -2.25. The van der Waals surface area contributed by atoms with E-state index in [0.29, 0.717) is 30.1 Å². The van der Waals surface area contributed by atoms with E-state index in [1.807, 2.05) is 12.1 Å². The number of thiophene rings is 1. The van der Waals surface area contributed by atoms with E-state index in [1.54, 1.807) is 17.5 Å². The van der Waals surface area contributed by atoms with E-state index in [1.165, 1.54) is 34.0 Å². The normalized spacial score (nSPS) is 11.6. The van der Waals surface area contributed by atoms with E-state index < -0.39 is 10.0 Å². The van der Waals surface area contributed by atoms with Gasteiger partial charge in [0.2, 0.25) is 15.2 Å². The minimum absolute atomic E-state index is 0.343. The van der Waals surface area contributed by atoms with Crippen molar-refractivity contribution in [3.63, 3.8) is 0 Å². The highest BCUT2D eigenvalue weighted by atomic mass is 32.2. The highest BCUT2D eigenvalue weighted by Crippen LogP contribution is 2.17. The van der Waals surface area contributed by atoms with Crippen molar-refractivity contribution in [1.29, 1.82) is 0 Å². The zero-order chi connectivity index (χ0) is 18.4.